The Balaban J connectivity index is 3.10. The SMILES string of the molecule is CCCCCOCC=C(C)CO. The van der Waals surface area contributed by atoms with E-state index in [0.717, 1.165) is 18.6 Å². The molecular weight excluding hydrogens is 152 g/mol. The standard InChI is InChI=1S/C10H20O2/c1-3-4-5-7-12-8-6-10(2)9-11/h6,11H,3-5,7-9H2,1-2H3. The minimum Gasteiger partial charge on any atom is -0.392 e. The van der Waals surface area contributed by atoms with E-state index in [1.807, 2.05) is 13.0 Å². The van der Waals surface area contributed by atoms with Crippen molar-refractivity contribution in [1.29, 1.82) is 0 Å². The molecule has 0 aliphatic carbocycles. The van der Waals surface area contributed by atoms with Crippen LogP contribution in [0.5, 0.6) is 0 Å². The zero-order valence-electron chi connectivity index (χ0n) is 8.18. The van der Waals surface area contributed by atoms with Crippen molar-refractivity contribution >= 4 is 0 Å². The van der Waals surface area contributed by atoms with E-state index < -0.39 is 0 Å². The predicted molar refractivity (Wildman–Crippen MR) is 51.2 cm³/mol. The summed E-state index contributed by atoms with van der Waals surface area (Å²) in [6, 6.07) is 0. The number of ether oxygens (including phenoxy) is 1. The molecule has 0 aliphatic rings. The van der Waals surface area contributed by atoms with Gasteiger partial charge < -0.3 is 9.84 Å². The summed E-state index contributed by atoms with van der Waals surface area (Å²) in [5, 5.41) is 8.65. The van der Waals surface area contributed by atoms with Gasteiger partial charge in [0.05, 0.1) is 13.2 Å². The first kappa shape index (κ1) is 11.7. The maximum atomic E-state index is 8.65. The van der Waals surface area contributed by atoms with Crippen molar-refractivity contribution in [2.45, 2.75) is 33.1 Å². The van der Waals surface area contributed by atoms with Gasteiger partial charge in [0.2, 0.25) is 0 Å². The van der Waals surface area contributed by atoms with Crippen LogP contribution in [0.15, 0.2) is 11.6 Å². The van der Waals surface area contributed by atoms with Gasteiger partial charge in [-0.2, -0.15) is 0 Å². The van der Waals surface area contributed by atoms with Crippen LogP contribution < -0.4 is 0 Å². The lowest BCUT2D eigenvalue weighted by Gasteiger charge is -2.00. The summed E-state index contributed by atoms with van der Waals surface area (Å²) in [6.07, 6.45) is 5.53. The Hall–Kier alpha value is -0.340. The Morgan fingerprint density at radius 3 is 2.75 bits per heavy atom. The van der Waals surface area contributed by atoms with Crippen molar-refractivity contribution in [3.05, 3.63) is 11.6 Å². The Kier molecular flexibility index (Phi) is 8.51. The van der Waals surface area contributed by atoms with Crippen LogP contribution in [0.25, 0.3) is 0 Å². The molecule has 72 valence electrons. The summed E-state index contributed by atoms with van der Waals surface area (Å²) >= 11 is 0. The predicted octanol–water partition coefficient (Wildman–Crippen LogP) is 2.13. The molecule has 0 atom stereocenters. The molecule has 0 aromatic rings. The summed E-state index contributed by atoms with van der Waals surface area (Å²) < 4.78 is 5.32. The highest BCUT2D eigenvalue weighted by Gasteiger charge is 1.87. The third-order valence-electron chi connectivity index (χ3n) is 1.69. The van der Waals surface area contributed by atoms with Crippen LogP contribution in [0, 0.1) is 0 Å². The van der Waals surface area contributed by atoms with Crippen molar-refractivity contribution in [3.8, 4) is 0 Å². The molecule has 0 saturated carbocycles. The number of hydrogen-bond acceptors (Lipinski definition) is 2. The fraction of sp³-hybridized carbons (Fsp3) is 0.800. The van der Waals surface area contributed by atoms with Gasteiger partial charge in [-0.1, -0.05) is 25.8 Å². The second-order valence-corrected chi connectivity index (χ2v) is 2.99. The monoisotopic (exact) mass is 172 g/mol. The highest BCUT2D eigenvalue weighted by atomic mass is 16.5. The van der Waals surface area contributed by atoms with Gasteiger partial charge in [-0.05, 0) is 18.9 Å². The highest BCUT2D eigenvalue weighted by Crippen LogP contribution is 1.95. The van der Waals surface area contributed by atoms with E-state index >= 15 is 0 Å². The van der Waals surface area contributed by atoms with Gasteiger partial charge in [0.1, 0.15) is 0 Å². The molecule has 0 fully saturated rings. The van der Waals surface area contributed by atoms with Crippen LogP contribution in [-0.2, 0) is 4.74 Å². The molecular formula is C10H20O2. The number of rotatable bonds is 7. The lowest BCUT2D eigenvalue weighted by molar-refractivity contribution is 0.156. The van der Waals surface area contributed by atoms with E-state index in [1.54, 1.807) is 0 Å². The van der Waals surface area contributed by atoms with E-state index in [1.165, 1.54) is 12.8 Å². The minimum atomic E-state index is 0.137. The molecule has 0 aromatic carbocycles. The lowest BCUT2D eigenvalue weighted by atomic mass is 10.3. The maximum absolute atomic E-state index is 8.65. The summed E-state index contributed by atoms with van der Waals surface area (Å²) in [5.41, 5.74) is 0.977. The van der Waals surface area contributed by atoms with Crippen LogP contribution in [0.2, 0.25) is 0 Å². The minimum absolute atomic E-state index is 0.137. The molecule has 12 heavy (non-hydrogen) atoms. The molecule has 0 bridgehead atoms. The molecule has 0 aliphatic heterocycles. The zero-order valence-corrected chi connectivity index (χ0v) is 8.18. The first-order valence-corrected chi connectivity index (χ1v) is 4.65. The van der Waals surface area contributed by atoms with Crippen molar-refractivity contribution in [2.75, 3.05) is 19.8 Å². The normalized spacial score (nSPS) is 12.1. The van der Waals surface area contributed by atoms with Gasteiger partial charge in [-0.3, -0.25) is 0 Å². The average molecular weight is 172 g/mol. The summed E-state index contributed by atoms with van der Waals surface area (Å²) in [7, 11) is 0. The second kappa shape index (κ2) is 8.75. The van der Waals surface area contributed by atoms with E-state index in [0.29, 0.717) is 6.61 Å². The Bertz CT molecular complexity index is 119. The number of aliphatic hydroxyl groups is 1. The Labute approximate surface area is 75.2 Å². The first-order chi connectivity index (χ1) is 5.81. The smallest absolute Gasteiger partial charge is 0.0650 e. The van der Waals surface area contributed by atoms with E-state index in [-0.39, 0.29) is 6.61 Å². The van der Waals surface area contributed by atoms with Crippen LogP contribution in [0.1, 0.15) is 33.1 Å². The molecule has 2 heteroatoms. The van der Waals surface area contributed by atoms with Crippen molar-refractivity contribution < 1.29 is 9.84 Å². The van der Waals surface area contributed by atoms with E-state index in [2.05, 4.69) is 6.92 Å². The number of hydrogen-bond donors (Lipinski definition) is 1. The Morgan fingerprint density at radius 2 is 2.17 bits per heavy atom. The molecule has 2 nitrogen and oxygen atoms in total. The van der Waals surface area contributed by atoms with Crippen LogP contribution in [0.4, 0.5) is 0 Å². The summed E-state index contributed by atoms with van der Waals surface area (Å²) in [4.78, 5) is 0. The fourth-order valence-corrected chi connectivity index (χ4v) is 0.803. The zero-order chi connectivity index (χ0) is 9.23. The van der Waals surface area contributed by atoms with Gasteiger partial charge in [0, 0.05) is 6.61 Å². The van der Waals surface area contributed by atoms with Gasteiger partial charge >= 0.3 is 0 Å². The lowest BCUT2D eigenvalue weighted by Crippen LogP contribution is -1.96. The molecule has 0 rings (SSSR count). The van der Waals surface area contributed by atoms with Gasteiger partial charge in [0.15, 0.2) is 0 Å². The maximum Gasteiger partial charge on any atom is 0.0650 e. The molecule has 0 radical (unpaired) electrons. The molecule has 0 unspecified atom stereocenters. The topological polar surface area (TPSA) is 29.5 Å². The Morgan fingerprint density at radius 1 is 1.42 bits per heavy atom. The third-order valence-corrected chi connectivity index (χ3v) is 1.69. The van der Waals surface area contributed by atoms with Crippen molar-refractivity contribution in [2.24, 2.45) is 0 Å². The largest absolute Gasteiger partial charge is 0.392 e. The number of aliphatic hydroxyl groups excluding tert-OH is 1. The van der Waals surface area contributed by atoms with Crippen molar-refractivity contribution in [3.63, 3.8) is 0 Å². The highest BCUT2D eigenvalue weighted by molar-refractivity contribution is 4.97. The molecule has 0 saturated heterocycles. The second-order valence-electron chi connectivity index (χ2n) is 2.99. The van der Waals surface area contributed by atoms with Crippen molar-refractivity contribution in [1.82, 2.24) is 0 Å². The third kappa shape index (κ3) is 7.76. The van der Waals surface area contributed by atoms with Gasteiger partial charge in [-0.15, -0.1) is 0 Å². The van der Waals surface area contributed by atoms with Crippen LogP contribution in [0.3, 0.4) is 0 Å². The molecule has 0 aromatic heterocycles. The number of unbranched alkanes of at least 4 members (excludes halogenated alkanes) is 2. The van der Waals surface area contributed by atoms with Gasteiger partial charge in [-0.25, -0.2) is 0 Å². The fourth-order valence-electron chi connectivity index (χ4n) is 0.803. The van der Waals surface area contributed by atoms with Gasteiger partial charge in [0.25, 0.3) is 0 Å². The van der Waals surface area contributed by atoms with E-state index in [9.17, 15) is 0 Å². The van der Waals surface area contributed by atoms with E-state index in [4.69, 9.17) is 9.84 Å². The van der Waals surface area contributed by atoms with Crippen LogP contribution >= 0.6 is 0 Å². The molecule has 0 amide bonds. The summed E-state index contributed by atoms with van der Waals surface area (Å²) in [5.74, 6) is 0. The molecule has 0 heterocycles. The molecule has 0 spiro atoms. The first-order valence-electron chi connectivity index (χ1n) is 4.65. The summed E-state index contributed by atoms with van der Waals surface area (Å²) in [6.45, 7) is 5.68. The average Bonchev–Trinajstić information content (AvgIpc) is 2.10. The van der Waals surface area contributed by atoms with Crippen LogP contribution in [-0.4, -0.2) is 24.9 Å². The quantitative estimate of drug-likeness (QED) is 0.471. The molecule has 1 N–H and O–H groups in total.